The van der Waals surface area contributed by atoms with Crippen molar-refractivity contribution in [2.45, 2.75) is 32.6 Å². The minimum atomic E-state index is 0.204. The molecule has 0 N–H and O–H groups in total. The molecule has 0 fully saturated rings. The van der Waals surface area contributed by atoms with Crippen LogP contribution in [0, 0.1) is 17.2 Å². The molecule has 0 radical (unpaired) electrons. The Morgan fingerprint density at radius 1 is 1.46 bits per heavy atom. The van der Waals surface area contributed by atoms with Crippen LogP contribution in [0.1, 0.15) is 32.6 Å². The summed E-state index contributed by atoms with van der Waals surface area (Å²) < 4.78 is 0. The van der Waals surface area contributed by atoms with Crippen LogP contribution in [0.25, 0.3) is 0 Å². The van der Waals surface area contributed by atoms with Crippen LogP contribution >= 0.6 is 0 Å². The number of hydrogen-bond donors (Lipinski definition) is 0. The van der Waals surface area contributed by atoms with Crippen molar-refractivity contribution in [2.24, 2.45) is 5.92 Å². The second kappa shape index (κ2) is 3.41. The van der Waals surface area contributed by atoms with Crippen LogP contribution in [0.2, 0.25) is 0 Å². The summed E-state index contributed by atoms with van der Waals surface area (Å²) in [5.74, 6) is 0.204. The van der Waals surface area contributed by atoms with E-state index >= 15 is 0 Å². The summed E-state index contributed by atoms with van der Waals surface area (Å²) in [5, 5.41) is 9.01. The number of nitriles is 1. The summed E-state index contributed by atoms with van der Waals surface area (Å²) in [5.41, 5.74) is 2.95. The first-order chi connectivity index (χ1) is 6.36. The summed E-state index contributed by atoms with van der Waals surface area (Å²) in [4.78, 5) is 2.39. The topological polar surface area (TPSA) is 27.0 Å². The van der Waals surface area contributed by atoms with E-state index in [2.05, 4.69) is 17.9 Å². The third kappa shape index (κ3) is 1.33. The first-order valence-electron chi connectivity index (χ1n) is 5.23. The maximum Gasteiger partial charge on any atom is 0.0867 e. The van der Waals surface area contributed by atoms with E-state index < -0.39 is 0 Å². The Balaban J connectivity index is 2.26. The third-order valence-corrected chi connectivity index (χ3v) is 3.22. The average molecular weight is 176 g/mol. The zero-order valence-electron chi connectivity index (χ0n) is 8.21. The van der Waals surface area contributed by atoms with Gasteiger partial charge in [0, 0.05) is 18.8 Å². The fraction of sp³-hybridized carbons (Fsp3) is 0.727. The van der Waals surface area contributed by atoms with E-state index in [4.69, 9.17) is 5.26 Å². The van der Waals surface area contributed by atoms with Gasteiger partial charge in [-0.1, -0.05) is 0 Å². The van der Waals surface area contributed by atoms with Gasteiger partial charge in [0.15, 0.2) is 0 Å². The van der Waals surface area contributed by atoms with E-state index in [-0.39, 0.29) is 5.92 Å². The van der Waals surface area contributed by atoms with Gasteiger partial charge in [-0.15, -0.1) is 0 Å². The Hall–Kier alpha value is -0.970. The second-order valence-corrected chi connectivity index (χ2v) is 3.90. The summed E-state index contributed by atoms with van der Waals surface area (Å²) in [6.07, 6.45) is 4.98. The van der Waals surface area contributed by atoms with Crippen molar-refractivity contribution in [2.75, 3.05) is 13.1 Å². The SMILES string of the molecule is CCN1CC(C#N)C2=C1CCCC2. The lowest BCUT2D eigenvalue weighted by molar-refractivity contribution is 0.366. The fourth-order valence-electron chi connectivity index (χ4n) is 2.53. The molecule has 13 heavy (non-hydrogen) atoms. The van der Waals surface area contributed by atoms with Crippen molar-refractivity contribution >= 4 is 0 Å². The normalized spacial score (nSPS) is 27.4. The van der Waals surface area contributed by atoms with Crippen LogP contribution in [0.3, 0.4) is 0 Å². The van der Waals surface area contributed by atoms with E-state index in [1.807, 2.05) is 0 Å². The van der Waals surface area contributed by atoms with E-state index in [9.17, 15) is 0 Å². The molecule has 0 aromatic rings. The Morgan fingerprint density at radius 3 is 2.92 bits per heavy atom. The maximum absolute atomic E-state index is 9.01. The highest BCUT2D eigenvalue weighted by atomic mass is 15.2. The lowest BCUT2D eigenvalue weighted by Crippen LogP contribution is -2.21. The van der Waals surface area contributed by atoms with Crippen molar-refractivity contribution < 1.29 is 0 Å². The highest BCUT2D eigenvalue weighted by molar-refractivity contribution is 5.29. The number of rotatable bonds is 1. The van der Waals surface area contributed by atoms with Gasteiger partial charge in [0.25, 0.3) is 0 Å². The molecular formula is C11H16N2. The van der Waals surface area contributed by atoms with Gasteiger partial charge < -0.3 is 4.90 Å². The Bertz CT molecular complexity index is 272. The quantitative estimate of drug-likeness (QED) is 0.613. The lowest BCUT2D eigenvalue weighted by Gasteiger charge is -2.22. The minimum absolute atomic E-state index is 0.204. The van der Waals surface area contributed by atoms with Gasteiger partial charge in [-0.25, -0.2) is 0 Å². The largest absolute Gasteiger partial charge is 0.373 e. The maximum atomic E-state index is 9.01. The number of allylic oxidation sites excluding steroid dienone is 1. The first-order valence-corrected chi connectivity index (χ1v) is 5.23. The Labute approximate surface area is 79.8 Å². The highest BCUT2D eigenvalue weighted by Crippen LogP contribution is 2.37. The van der Waals surface area contributed by atoms with Crippen molar-refractivity contribution in [3.8, 4) is 6.07 Å². The predicted molar refractivity (Wildman–Crippen MR) is 51.8 cm³/mol. The van der Waals surface area contributed by atoms with Crippen molar-refractivity contribution in [1.82, 2.24) is 4.90 Å². The molecule has 0 saturated heterocycles. The predicted octanol–water partition coefficient (Wildman–Crippen LogP) is 2.29. The van der Waals surface area contributed by atoms with Gasteiger partial charge in [0.2, 0.25) is 0 Å². The highest BCUT2D eigenvalue weighted by Gasteiger charge is 2.31. The molecule has 0 bridgehead atoms. The molecule has 0 saturated carbocycles. The fourth-order valence-corrected chi connectivity index (χ4v) is 2.53. The van der Waals surface area contributed by atoms with Crippen LogP contribution in [0.5, 0.6) is 0 Å². The molecule has 0 amide bonds. The van der Waals surface area contributed by atoms with Crippen LogP contribution < -0.4 is 0 Å². The van der Waals surface area contributed by atoms with E-state index in [1.54, 1.807) is 0 Å². The van der Waals surface area contributed by atoms with Crippen molar-refractivity contribution in [3.63, 3.8) is 0 Å². The Morgan fingerprint density at radius 2 is 2.23 bits per heavy atom. The minimum Gasteiger partial charge on any atom is -0.373 e. The first kappa shape index (κ1) is 8.62. The molecule has 70 valence electrons. The second-order valence-electron chi connectivity index (χ2n) is 3.90. The smallest absolute Gasteiger partial charge is 0.0867 e. The Kier molecular flexibility index (Phi) is 2.26. The van der Waals surface area contributed by atoms with Crippen LogP contribution in [0.4, 0.5) is 0 Å². The average Bonchev–Trinajstić information content (AvgIpc) is 2.56. The van der Waals surface area contributed by atoms with Gasteiger partial charge in [0.1, 0.15) is 0 Å². The van der Waals surface area contributed by atoms with Gasteiger partial charge in [-0.2, -0.15) is 5.26 Å². The summed E-state index contributed by atoms with van der Waals surface area (Å²) in [7, 11) is 0. The van der Waals surface area contributed by atoms with Crippen molar-refractivity contribution in [1.29, 1.82) is 5.26 Å². The summed E-state index contributed by atoms with van der Waals surface area (Å²) in [6, 6.07) is 2.43. The standard InChI is InChI=1S/C11H16N2/c1-2-13-8-9(7-12)10-5-3-4-6-11(10)13/h9H,2-6,8H2,1H3. The number of hydrogen-bond acceptors (Lipinski definition) is 2. The van der Waals surface area contributed by atoms with E-state index in [0.717, 1.165) is 13.1 Å². The van der Waals surface area contributed by atoms with Gasteiger partial charge in [0.05, 0.1) is 12.0 Å². The van der Waals surface area contributed by atoms with E-state index in [0.29, 0.717) is 0 Å². The van der Waals surface area contributed by atoms with Crippen LogP contribution in [-0.4, -0.2) is 18.0 Å². The molecule has 0 spiro atoms. The van der Waals surface area contributed by atoms with Crippen LogP contribution in [0.15, 0.2) is 11.3 Å². The molecule has 1 atom stereocenters. The third-order valence-electron chi connectivity index (χ3n) is 3.22. The molecule has 0 aromatic carbocycles. The summed E-state index contributed by atoms with van der Waals surface area (Å²) >= 11 is 0. The molecule has 1 aliphatic carbocycles. The zero-order valence-corrected chi connectivity index (χ0v) is 8.21. The molecule has 2 rings (SSSR count). The molecule has 2 heteroatoms. The molecule has 1 unspecified atom stereocenters. The zero-order chi connectivity index (χ0) is 9.26. The van der Waals surface area contributed by atoms with Gasteiger partial charge in [-0.3, -0.25) is 0 Å². The monoisotopic (exact) mass is 176 g/mol. The molecule has 2 nitrogen and oxygen atoms in total. The molecule has 0 aromatic heterocycles. The molecule has 2 aliphatic rings. The van der Waals surface area contributed by atoms with Crippen LogP contribution in [-0.2, 0) is 0 Å². The molecule has 1 aliphatic heterocycles. The lowest BCUT2D eigenvalue weighted by atomic mass is 9.91. The van der Waals surface area contributed by atoms with Crippen molar-refractivity contribution in [3.05, 3.63) is 11.3 Å². The van der Waals surface area contributed by atoms with Gasteiger partial charge >= 0.3 is 0 Å². The molecule has 1 heterocycles. The number of nitrogens with zero attached hydrogens (tertiary/aromatic N) is 2. The molecular weight excluding hydrogens is 160 g/mol. The summed E-state index contributed by atoms with van der Waals surface area (Å²) in [6.45, 7) is 4.20. The van der Waals surface area contributed by atoms with E-state index in [1.165, 1.54) is 37.0 Å². The van der Waals surface area contributed by atoms with Gasteiger partial charge in [-0.05, 0) is 38.2 Å².